The van der Waals surface area contributed by atoms with E-state index in [-0.39, 0.29) is 17.7 Å². The first kappa shape index (κ1) is 28.2. The number of benzene rings is 2. The lowest BCUT2D eigenvalue weighted by Gasteiger charge is -2.37. The Balaban J connectivity index is 2.48. The predicted molar refractivity (Wildman–Crippen MR) is 143 cm³/mol. The third kappa shape index (κ3) is 7.75. The molecule has 0 bridgehead atoms. The number of nitrogens with one attached hydrogen (secondary N) is 2. The molecule has 0 aliphatic heterocycles. The summed E-state index contributed by atoms with van der Waals surface area (Å²) in [5.41, 5.74) is 2.44. The van der Waals surface area contributed by atoms with Gasteiger partial charge in [0, 0.05) is 17.5 Å². The van der Waals surface area contributed by atoms with Gasteiger partial charge < -0.3 is 20.3 Å². The van der Waals surface area contributed by atoms with Gasteiger partial charge in [0.25, 0.3) is 5.91 Å². The van der Waals surface area contributed by atoms with Crippen LogP contribution in [0.3, 0.4) is 0 Å². The summed E-state index contributed by atoms with van der Waals surface area (Å²) in [5, 5.41) is 5.61. The predicted octanol–water partition coefficient (Wildman–Crippen LogP) is 5.04. The van der Waals surface area contributed by atoms with E-state index in [4.69, 9.17) is 4.74 Å². The lowest BCUT2D eigenvalue weighted by Crippen LogP contribution is -2.55. The zero-order valence-electron chi connectivity index (χ0n) is 21.6. The highest BCUT2D eigenvalue weighted by Crippen LogP contribution is 2.29. The van der Waals surface area contributed by atoms with Gasteiger partial charge in [-0.3, -0.25) is 9.59 Å². The molecule has 0 spiro atoms. The van der Waals surface area contributed by atoms with Crippen LogP contribution < -0.4 is 10.6 Å². The molecule has 0 fully saturated rings. The van der Waals surface area contributed by atoms with Crippen molar-refractivity contribution in [2.45, 2.75) is 72.2 Å². The minimum absolute atomic E-state index is 0.0429. The van der Waals surface area contributed by atoms with Gasteiger partial charge in [0.05, 0.1) is 0 Å². The van der Waals surface area contributed by atoms with E-state index in [0.29, 0.717) is 11.3 Å². The maximum atomic E-state index is 13.8. The van der Waals surface area contributed by atoms with E-state index in [1.807, 2.05) is 76.2 Å². The number of rotatable bonds is 8. The minimum atomic E-state index is -0.978. The maximum Gasteiger partial charge on any atom is 0.408 e. The van der Waals surface area contributed by atoms with E-state index in [1.165, 1.54) is 4.90 Å². The molecule has 2 aromatic rings. The van der Waals surface area contributed by atoms with Gasteiger partial charge in [-0.25, -0.2) is 4.79 Å². The summed E-state index contributed by atoms with van der Waals surface area (Å²) in [4.78, 5) is 41.5. The number of anilines is 1. The Kier molecular flexibility index (Phi) is 9.77. The van der Waals surface area contributed by atoms with Crippen molar-refractivity contribution in [3.05, 3.63) is 65.2 Å². The summed E-state index contributed by atoms with van der Waals surface area (Å²) in [7, 11) is 0. The molecule has 2 rings (SSSR count). The molecule has 0 heterocycles. The average molecular weight is 500 g/mol. The smallest absolute Gasteiger partial charge is 0.408 e. The second kappa shape index (κ2) is 12.1. The third-order valence-corrected chi connectivity index (χ3v) is 5.76. The molecule has 0 radical (unpaired) electrons. The van der Waals surface area contributed by atoms with E-state index in [2.05, 4.69) is 23.3 Å². The zero-order valence-corrected chi connectivity index (χ0v) is 22.5. The molecular formula is C27H37N3O4S. The Bertz CT molecular complexity index is 1050. The first-order chi connectivity index (χ1) is 16.4. The van der Waals surface area contributed by atoms with E-state index in [1.54, 1.807) is 20.8 Å². The van der Waals surface area contributed by atoms with Crippen molar-refractivity contribution in [1.29, 1.82) is 0 Å². The number of aryl methyl sites for hydroxylation is 2. The highest BCUT2D eigenvalue weighted by atomic mass is 32.1. The number of alkyl carbamates (subject to hydrolysis) is 1. The Morgan fingerprint density at radius 2 is 1.54 bits per heavy atom. The van der Waals surface area contributed by atoms with Gasteiger partial charge >= 0.3 is 6.09 Å². The topological polar surface area (TPSA) is 87.7 Å². The molecule has 7 nitrogen and oxygen atoms in total. The molecule has 0 aliphatic carbocycles. The normalized spacial score (nSPS) is 13.1. The SMILES string of the molecule is Cc1ccccc1NC(=O)C(c1ccccc1C)N(C(=O)C(CS)NC(=O)OC(C)(C)C)C(C)C. The molecule has 2 unspecified atom stereocenters. The van der Waals surface area contributed by atoms with Crippen molar-refractivity contribution in [3.8, 4) is 0 Å². The van der Waals surface area contributed by atoms with E-state index in [0.717, 1.165) is 11.1 Å². The minimum Gasteiger partial charge on any atom is -0.444 e. The van der Waals surface area contributed by atoms with Crippen molar-refractivity contribution in [1.82, 2.24) is 10.2 Å². The third-order valence-electron chi connectivity index (χ3n) is 5.39. The fourth-order valence-corrected chi connectivity index (χ4v) is 3.97. The number of carbonyl (C=O) groups excluding carboxylic acids is 3. The van der Waals surface area contributed by atoms with Gasteiger partial charge in [0.15, 0.2) is 0 Å². The van der Waals surface area contributed by atoms with E-state index < -0.39 is 29.7 Å². The molecule has 0 aliphatic rings. The second-order valence-electron chi connectivity index (χ2n) is 9.78. The number of ether oxygens (including phenoxy) is 1. The molecule has 190 valence electrons. The van der Waals surface area contributed by atoms with Gasteiger partial charge in [-0.1, -0.05) is 42.5 Å². The van der Waals surface area contributed by atoms with Crippen molar-refractivity contribution >= 4 is 36.2 Å². The van der Waals surface area contributed by atoms with Crippen LogP contribution >= 0.6 is 12.6 Å². The van der Waals surface area contributed by atoms with Crippen LogP contribution in [0, 0.1) is 13.8 Å². The first-order valence-corrected chi connectivity index (χ1v) is 12.3. The number of amides is 3. The van der Waals surface area contributed by atoms with Crippen LogP contribution in [0.5, 0.6) is 0 Å². The first-order valence-electron chi connectivity index (χ1n) is 11.7. The number of nitrogens with zero attached hydrogens (tertiary/aromatic N) is 1. The van der Waals surface area contributed by atoms with Crippen molar-refractivity contribution in [2.75, 3.05) is 11.1 Å². The molecule has 2 N–H and O–H groups in total. The summed E-state index contributed by atoms with van der Waals surface area (Å²) in [5.74, 6) is -0.721. The van der Waals surface area contributed by atoms with Crippen molar-refractivity contribution < 1.29 is 19.1 Å². The molecule has 3 amide bonds. The Morgan fingerprint density at radius 3 is 2.06 bits per heavy atom. The molecule has 35 heavy (non-hydrogen) atoms. The second-order valence-corrected chi connectivity index (χ2v) is 10.1. The number of carbonyl (C=O) groups is 3. The van der Waals surface area contributed by atoms with E-state index in [9.17, 15) is 14.4 Å². The molecule has 2 atom stereocenters. The number of hydrogen-bond acceptors (Lipinski definition) is 5. The standard InChI is InChI=1S/C27H37N3O4S/c1-17(2)30(25(32)22(16-35)29-26(33)34-27(5,6)7)23(20-14-10-8-12-18(20)3)24(31)28-21-15-11-9-13-19(21)4/h8-15,17,22-23,35H,16H2,1-7H3,(H,28,31)(H,29,33). The van der Waals surface area contributed by atoms with Crippen LogP contribution in [0.25, 0.3) is 0 Å². The molecule has 0 saturated carbocycles. The molecular weight excluding hydrogens is 462 g/mol. The van der Waals surface area contributed by atoms with Gasteiger partial charge in [-0.15, -0.1) is 0 Å². The molecule has 2 aromatic carbocycles. The molecule has 0 aromatic heterocycles. The maximum absolute atomic E-state index is 13.8. The van der Waals surface area contributed by atoms with Gasteiger partial charge in [-0.05, 0) is 71.2 Å². The van der Waals surface area contributed by atoms with E-state index >= 15 is 0 Å². The Morgan fingerprint density at radius 1 is 0.971 bits per heavy atom. The zero-order chi connectivity index (χ0) is 26.3. The van der Waals surface area contributed by atoms with Crippen molar-refractivity contribution in [2.24, 2.45) is 0 Å². The number of para-hydroxylation sites is 1. The van der Waals surface area contributed by atoms with Crippen LogP contribution in [0.2, 0.25) is 0 Å². The highest BCUT2D eigenvalue weighted by molar-refractivity contribution is 7.80. The number of hydrogen-bond donors (Lipinski definition) is 3. The number of thiol groups is 1. The lowest BCUT2D eigenvalue weighted by atomic mass is 9.97. The van der Waals surface area contributed by atoms with Crippen LogP contribution in [0.1, 0.15) is 57.4 Å². The molecule has 0 saturated heterocycles. The fourth-order valence-electron chi connectivity index (χ4n) is 3.72. The Labute approximate surface area is 214 Å². The largest absolute Gasteiger partial charge is 0.444 e. The van der Waals surface area contributed by atoms with Gasteiger partial charge in [-0.2, -0.15) is 12.6 Å². The highest BCUT2D eigenvalue weighted by Gasteiger charge is 2.38. The summed E-state index contributed by atoms with van der Waals surface area (Å²) in [6.45, 7) is 12.7. The monoisotopic (exact) mass is 499 g/mol. The van der Waals surface area contributed by atoms with Gasteiger partial charge in [0.1, 0.15) is 17.7 Å². The van der Waals surface area contributed by atoms with Crippen LogP contribution in [0.15, 0.2) is 48.5 Å². The average Bonchev–Trinajstić information content (AvgIpc) is 2.76. The van der Waals surface area contributed by atoms with Gasteiger partial charge in [0.2, 0.25) is 5.91 Å². The quantitative estimate of drug-likeness (QED) is 0.444. The lowest BCUT2D eigenvalue weighted by molar-refractivity contribution is -0.142. The summed E-state index contributed by atoms with van der Waals surface area (Å²) in [6, 6.07) is 12.7. The summed E-state index contributed by atoms with van der Waals surface area (Å²) in [6.07, 6.45) is -0.717. The Hall–Kier alpha value is -3.00. The van der Waals surface area contributed by atoms with Crippen molar-refractivity contribution in [3.63, 3.8) is 0 Å². The van der Waals surface area contributed by atoms with Crippen LogP contribution in [-0.2, 0) is 14.3 Å². The van der Waals surface area contributed by atoms with Crippen LogP contribution in [-0.4, -0.2) is 46.2 Å². The summed E-state index contributed by atoms with van der Waals surface area (Å²) < 4.78 is 5.33. The fraction of sp³-hybridized carbons (Fsp3) is 0.444. The summed E-state index contributed by atoms with van der Waals surface area (Å²) >= 11 is 4.31. The van der Waals surface area contributed by atoms with Crippen LogP contribution in [0.4, 0.5) is 10.5 Å². The molecule has 8 heteroatoms.